The number of hydrogen-bond donors (Lipinski definition) is 12. The average molecular weight is 910 g/mol. The predicted octanol–water partition coefficient (Wildman–Crippen LogP) is 0.466. The van der Waals surface area contributed by atoms with Crippen molar-refractivity contribution < 1.29 is 84.7 Å². The molecule has 13 N–H and O–H groups in total. The van der Waals surface area contributed by atoms with Crippen molar-refractivity contribution in [3.63, 3.8) is 0 Å². The van der Waals surface area contributed by atoms with E-state index in [4.69, 9.17) is 24.7 Å². The molecule has 8 unspecified atom stereocenters. The molecular weight excluding hydrogens is 838 g/mol. The van der Waals surface area contributed by atoms with Gasteiger partial charge in [0.15, 0.2) is 12.1 Å². The number of cyclic esters (lactones) is 1. The average Bonchev–Trinajstić information content (AvgIpc) is 3.19. The lowest BCUT2D eigenvalue weighted by Gasteiger charge is -2.45. The molecule has 0 spiro atoms. The number of carbonyl (C=O) groups is 2. The Bertz CT molecular complexity index is 1630. The monoisotopic (exact) mass is 909 g/mol. The lowest BCUT2D eigenvalue weighted by molar-refractivity contribution is -0.308. The van der Waals surface area contributed by atoms with E-state index < -0.39 is 141 Å². The quantitative estimate of drug-likeness (QED) is 0.171. The molecule has 18 heteroatoms. The van der Waals surface area contributed by atoms with E-state index in [0.717, 1.165) is 0 Å². The first-order chi connectivity index (χ1) is 30.2. The van der Waals surface area contributed by atoms with Crippen LogP contribution in [0.25, 0.3) is 0 Å². The fourth-order valence-corrected chi connectivity index (χ4v) is 7.74. The lowest BCUT2D eigenvalue weighted by atomic mass is 9.82. The van der Waals surface area contributed by atoms with Crippen LogP contribution >= 0.6 is 0 Å². The summed E-state index contributed by atoms with van der Waals surface area (Å²) in [5.41, 5.74) is 6.01. The van der Waals surface area contributed by atoms with Gasteiger partial charge in [-0.25, -0.2) is 0 Å². The molecule has 18 nitrogen and oxygen atoms in total. The first-order valence-electron chi connectivity index (χ1n) is 21.9. The Balaban J connectivity index is 1.85. The zero-order chi connectivity index (χ0) is 47.6. The van der Waals surface area contributed by atoms with E-state index in [1.165, 1.54) is 13.0 Å². The third-order valence-corrected chi connectivity index (χ3v) is 11.4. The van der Waals surface area contributed by atoms with E-state index in [0.29, 0.717) is 0 Å². The lowest BCUT2D eigenvalue weighted by Crippen LogP contribution is -2.61. The molecule has 64 heavy (non-hydrogen) atoms. The van der Waals surface area contributed by atoms with Gasteiger partial charge < -0.3 is 80.9 Å². The summed E-state index contributed by atoms with van der Waals surface area (Å²) in [5.74, 6) is -6.35. The highest BCUT2D eigenvalue weighted by Gasteiger charge is 2.51. The minimum atomic E-state index is -2.32. The van der Waals surface area contributed by atoms with E-state index in [2.05, 4.69) is 0 Å². The molecule has 0 aromatic carbocycles. The molecule has 0 aromatic heterocycles. The smallest absolute Gasteiger partial charge is 0.311 e. The third kappa shape index (κ3) is 18.8. The molecule has 3 rings (SSSR count). The predicted molar refractivity (Wildman–Crippen MR) is 232 cm³/mol. The first kappa shape index (κ1) is 54.9. The van der Waals surface area contributed by atoms with Gasteiger partial charge in [0.25, 0.3) is 0 Å². The fourth-order valence-electron chi connectivity index (χ4n) is 7.74. The number of allylic oxidation sites excluding steroid dienone is 12. The molecule has 0 amide bonds. The number of aliphatic hydroxyl groups excluding tert-OH is 9. The molecule has 0 saturated carbocycles. The highest BCUT2D eigenvalue weighted by molar-refractivity contribution is 5.71. The normalized spacial score (nSPS) is 44.8. The van der Waals surface area contributed by atoms with Gasteiger partial charge in [-0.2, -0.15) is 0 Å². The molecule has 0 aliphatic carbocycles. The number of ether oxygens (including phenoxy) is 4. The summed E-state index contributed by atoms with van der Waals surface area (Å²) in [5, 5.41) is 118. The van der Waals surface area contributed by atoms with E-state index >= 15 is 0 Å². The van der Waals surface area contributed by atoms with Crippen molar-refractivity contribution >= 4 is 11.9 Å². The molecule has 0 aromatic rings. The minimum absolute atomic E-state index is 0.104. The summed E-state index contributed by atoms with van der Waals surface area (Å²) in [6.45, 7) is 4.97. The zero-order valence-electron chi connectivity index (χ0n) is 36.7. The molecule has 3 aliphatic heterocycles. The van der Waals surface area contributed by atoms with Gasteiger partial charge in [0.2, 0.25) is 0 Å². The minimum Gasteiger partial charge on any atom is -0.481 e. The van der Waals surface area contributed by atoms with Crippen molar-refractivity contribution in [1.82, 2.24) is 0 Å². The zero-order valence-corrected chi connectivity index (χ0v) is 36.7. The maximum absolute atomic E-state index is 12.5. The summed E-state index contributed by atoms with van der Waals surface area (Å²) in [6.07, 6.45) is 3.69. The Morgan fingerprint density at radius 1 is 0.672 bits per heavy atom. The van der Waals surface area contributed by atoms with Crippen LogP contribution in [0.3, 0.4) is 0 Å². The fraction of sp³-hybridized carbons (Fsp3) is 0.652. The molecule has 362 valence electrons. The second-order valence-electron chi connectivity index (χ2n) is 17.1. The van der Waals surface area contributed by atoms with E-state index in [-0.39, 0.29) is 38.0 Å². The number of rotatable bonds is 3. The van der Waals surface area contributed by atoms with Gasteiger partial charge in [0.1, 0.15) is 18.1 Å². The van der Waals surface area contributed by atoms with Crippen LogP contribution in [0.15, 0.2) is 85.1 Å². The summed E-state index contributed by atoms with van der Waals surface area (Å²) in [6, 6.07) is -1.15. The van der Waals surface area contributed by atoms with Gasteiger partial charge in [-0.05, 0) is 33.1 Å². The van der Waals surface area contributed by atoms with Crippen LogP contribution in [0.5, 0.6) is 0 Å². The number of carbonyl (C=O) groups excluding carboxylic acids is 1. The molecule has 18 atom stereocenters. The molecular formula is C46H71NO17. The van der Waals surface area contributed by atoms with Crippen LogP contribution in [0.4, 0.5) is 0 Å². The molecule has 3 heterocycles. The van der Waals surface area contributed by atoms with Gasteiger partial charge in [0.05, 0.1) is 79.6 Å². The molecule has 2 fully saturated rings. The number of esters is 1. The van der Waals surface area contributed by atoms with Crippen LogP contribution in [-0.4, -0.2) is 166 Å². The van der Waals surface area contributed by atoms with Crippen molar-refractivity contribution in [2.24, 2.45) is 17.6 Å². The van der Waals surface area contributed by atoms with Gasteiger partial charge in [-0.15, -0.1) is 0 Å². The number of aliphatic carboxylic acids is 1. The second kappa shape index (κ2) is 27.3. The number of hydrogen-bond acceptors (Lipinski definition) is 17. The maximum Gasteiger partial charge on any atom is 0.311 e. The first-order valence-corrected chi connectivity index (χ1v) is 21.9. The Hall–Kier alpha value is -3.44. The van der Waals surface area contributed by atoms with E-state index in [1.807, 2.05) is 13.0 Å². The molecule has 2 bridgehead atoms. The van der Waals surface area contributed by atoms with Crippen molar-refractivity contribution in [3.05, 3.63) is 85.1 Å². The SMILES string of the molecule is C[C@H]1C[C@H](O)[C@@H](C)/C=C/C=C/C=C/C=C/C=C/C=C/C=C/C(OC2O[C@H](C)[C@@H](O)[C@H](N)[C@@H]2O)C[C@@H]2OC(O)(CC(O)CC(O)C(O)CCC(O)CC(O)CC(=O)O1)C[C@H](O)[C@H]2C(=O)O. The topological polar surface area (TPSA) is 320 Å². The van der Waals surface area contributed by atoms with Crippen LogP contribution in [0.2, 0.25) is 0 Å². The summed E-state index contributed by atoms with van der Waals surface area (Å²) in [4.78, 5) is 24.9. The Kier molecular flexibility index (Phi) is 23.4. The number of aliphatic hydroxyl groups is 10. The van der Waals surface area contributed by atoms with Crippen LogP contribution in [-0.2, 0) is 28.5 Å². The third-order valence-electron chi connectivity index (χ3n) is 11.4. The van der Waals surface area contributed by atoms with Gasteiger partial charge in [-0.1, -0.05) is 92.0 Å². The standard InChI is InChI=1S/C46H71NO17/c1-27-16-14-12-10-8-6-4-5-7-9-11-13-15-17-33(63-45-43(57)41(47)42(56)29(3)62-45)24-38-40(44(58)59)37(54)26-46(60,64-38)25-32(50)22-36(53)34(51)19-18-30(48)21-31(49)23-39(55)61-28(2)20-35(27)52/h4-17,27-38,40-43,45,48-54,56-57,60H,18-26,47H2,1-3H3,(H,58,59)/b5-4+,8-6+,9-7+,12-10+,13-11+,16-14+,17-15+/t27-,28-,29+,30?,31?,32?,33?,34?,35-,36?,37-,38-,40+,41-,42+,43-,45?,46?/m0/s1. The van der Waals surface area contributed by atoms with Crippen LogP contribution < -0.4 is 5.73 Å². The highest BCUT2D eigenvalue weighted by atomic mass is 16.7. The summed E-state index contributed by atoms with van der Waals surface area (Å²) >= 11 is 0. The van der Waals surface area contributed by atoms with Crippen molar-refractivity contribution in [2.45, 2.75) is 176 Å². The number of fused-ring (bicyclic) bond motifs is 2. The van der Waals surface area contributed by atoms with Gasteiger partial charge >= 0.3 is 11.9 Å². The Morgan fingerprint density at radius 3 is 1.84 bits per heavy atom. The van der Waals surface area contributed by atoms with Crippen LogP contribution in [0.1, 0.15) is 78.6 Å². The van der Waals surface area contributed by atoms with Gasteiger partial charge in [0, 0.05) is 38.0 Å². The summed E-state index contributed by atoms with van der Waals surface area (Å²) < 4.78 is 23.0. The van der Waals surface area contributed by atoms with Crippen molar-refractivity contribution in [2.75, 3.05) is 0 Å². The Morgan fingerprint density at radius 2 is 1.25 bits per heavy atom. The number of carboxylic acids is 1. The molecule has 3 aliphatic rings. The number of nitrogens with two attached hydrogens (primary N) is 1. The molecule has 2 saturated heterocycles. The van der Waals surface area contributed by atoms with E-state index in [9.17, 15) is 65.8 Å². The number of carboxylic acid groups (broad SMARTS) is 1. The summed E-state index contributed by atoms with van der Waals surface area (Å²) in [7, 11) is 0. The highest BCUT2D eigenvalue weighted by Crippen LogP contribution is 2.38. The maximum atomic E-state index is 12.5. The second-order valence-corrected chi connectivity index (χ2v) is 17.1. The van der Waals surface area contributed by atoms with Crippen LogP contribution in [0, 0.1) is 11.8 Å². The van der Waals surface area contributed by atoms with Gasteiger partial charge in [-0.3, -0.25) is 9.59 Å². The molecule has 0 radical (unpaired) electrons. The van der Waals surface area contributed by atoms with Crippen molar-refractivity contribution in [1.29, 1.82) is 0 Å². The van der Waals surface area contributed by atoms with E-state index in [1.54, 1.807) is 79.8 Å². The van der Waals surface area contributed by atoms with Crippen molar-refractivity contribution in [3.8, 4) is 0 Å². The largest absolute Gasteiger partial charge is 0.481 e. The Labute approximate surface area is 374 Å².